The maximum atomic E-state index is 13.4. The number of halogens is 1. The molecule has 1 atom stereocenters. The predicted octanol–water partition coefficient (Wildman–Crippen LogP) is 2.24. The van der Waals surface area contributed by atoms with Crippen LogP contribution in [0.25, 0.3) is 10.1 Å². The van der Waals surface area contributed by atoms with E-state index in [-0.39, 0.29) is 0 Å². The van der Waals surface area contributed by atoms with Crippen LogP contribution in [0.5, 0.6) is 0 Å². The first-order valence-electron chi connectivity index (χ1n) is 5.21. The number of carboxylic acids is 1. The molecule has 1 unspecified atom stereocenters. The van der Waals surface area contributed by atoms with Crippen molar-refractivity contribution in [2.24, 2.45) is 0 Å². The smallest absolute Gasteiger partial charge is 0.325 e. The third kappa shape index (κ3) is 2.33. The molecule has 94 valence electrons. The fourth-order valence-corrected chi connectivity index (χ4v) is 2.45. The summed E-state index contributed by atoms with van der Waals surface area (Å²) in [6.07, 6.45) is 0. The van der Waals surface area contributed by atoms with Gasteiger partial charge in [-0.05, 0) is 25.1 Å². The fourth-order valence-electron chi connectivity index (χ4n) is 1.47. The van der Waals surface area contributed by atoms with E-state index >= 15 is 0 Å². The number of benzene rings is 1. The van der Waals surface area contributed by atoms with Crippen molar-refractivity contribution in [1.82, 2.24) is 5.32 Å². The van der Waals surface area contributed by atoms with Crippen LogP contribution in [0.4, 0.5) is 4.39 Å². The zero-order chi connectivity index (χ0) is 13.3. The molecular formula is C12H10FNO3S. The van der Waals surface area contributed by atoms with Crippen molar-refractivity contribution in [1.29, 1.82) is 0 Å². The van der Waals surface area contributed by atoms with Gasteiger partial charge < -0.3 is 10.4 Å². The highest BCUT2D eigenvalue weighted by molar-refractivity contribution is 7.20. The molecule has 1 aromatic heterocycles. The maximum absolute atomic E-state index is 13.4. The van der Waals surface area contributed by atoms with Crippen molar-refractivity contribution in [3.8, 4) is 0 Å². The zero-order valence-corrected chi connectivity index (χ0v) is 10.3. The lowest BCUT2D eigenvalue weighted by Gasteiger charge is -2.07. The molecule has 0 aliphatic carbocycles. The average Bonchev–Trinajstić information content (AvgIpc) is 2.74. The third-order valence-electron chi connectivity index (χ3n) is 2.45. The lowest BCUT2D eigenvalue weighted by molar-refractivity contribution is -0.138. The number of carboxylic acid groups (broad SMARTS) is 1. The van der Waals surface area contributed by atoms with E-state index in [2.05, 4.69) is 5.32 Å². The predicted molar refractivity (Wildman–Crippen MR) is 66.3 cm³/mol. The van der Waals surface area contributed by atoms with Crippen LogP contribution in [0.2, 0.25) is 0 Å². The summed E-state index contributed by atoms with van der Waals surface area (Å²) in [5.41, 5.74) is 0. The monoisotopic (exact) mass is 267 g/mol. The van der Waals surface area contributed by atoms with Gasteiger partial charge in [0.1, 0.15) is 11.9 Å². The van der Waals surface area contributed by atoms with Gasteiger partial charge in [0.05, 0.1) is 4.88 Å². The molecule has 0 spiro atoms. The van der Waals surface area contributed by atoms with Gasteiger partial charge in [0, 0.05) is 10.1 Å². The Morgan fingerprint density at radius 2 is 2.17 bits per heavy atom. The summed E-state index contributed by atoms with van der Waals surface area (Å²) in [6.45, 7) is 1.37. The van der Waals surface area contributed by atoms with Gasteiger partial charge >= 0.3 is 5.97 Å². The number of aliphatic carboxylic acids is 1. The second kappa shape index (κ2) is 4.73. The first kappa shape index (κ1) is 12.5. The summed E-state index contributed by atoms with van der Waals surface area (Å²) in [4.78, 5) is 22.7. The van der Waals surface area contributed by atoms with Gasteiger partial charge in [-0.25, -0.2) is 4.39 Å². The molecule has 2 rings (SSSR count). The Balaban J connectivity index is 2.29. The standard InChI is InChI=1S/C12H10FNO3S/c1-6(12(16)17)14-11(15)10-5-7-8(13)3-2-4-9(7)18-10/h2-6H,1H3,(H,14,15)(H,16,17). The Morgan fingerprint density at radius 1 is 1.44 bits per heavy atom. The van der Waals surface area contributed by atoms with Crippen molar-refractivity contribution in [2.75, 3.05) is 0 Å². The topological polar surface area (TPSA) is 66.4 Å². The Bertz CT molecular complexity index is 623. The SMILES string of the molecule is CC(NC(=O)c1cc2c(F)cccc2s1)C(=O)O. The van der Waals surface area contributed by atoms with Crippen LogP contribution in [0.1, 0.15) is 16.6 Å². The molecule has 1 heterocycles. The number of carbonyl (C=O) groups is 2. The Morgan fingerprint density at radius 3 is 2.78 bits per heavy atom. The second-order valence-corrected chi connectivity index (χ2v) is 4.88. The molecule has 0 radical (unpaired) electrons. The van der Waals surface area contributed by atoms with Crippen molar-refractivity contribution in [3.05, 3.63) is 35.0 Å². The van der Waals surface area contributed by atoms with Gasteiger partial charge in [-0.3, -0.25) is 9.59 Å². The number of rotatable bonds is 3. The van der Waals surface area contributed by atoms with Crippen LogP contribution in [0.15, 0.2) is 24.3 Å². The summed E-state index contributed by atoms with van der Waals surface area (Å²) >= 11 is 1.13. The molecule has 1 amide bonds. The summed E-state index contributed by atoms with van der Waals surface area (Å²) in [6, 6.07) is 5.04. The summed E-state index contributed by atoms with van der Waals surface area (Å²) in [5, 5.41) is 11.4. The third-order valence-corrected chi connectivity index (χ3v) is 3.55. The molecule has 0 aliphatic heterocycles. The number of hydrogen-bond donors (Lipinski definition) is 2. The molecule has 0 fully saturated rings. The van der Waals surface area contributed by atoms with E-state index < -0.39 is 23.7 Å². The van der Waals surface area contributed by atoms with Gasteiger partial charge in [0.25, 0.3) is 5.91 Å². The summed E-state index contributed by atoms with van der Waals surface area (Å²) in [7, 11) is 0. The number of thiophene rings is 1. The number of carbonyl (C=O) groups excluding carboxylic acids is 1. The summed E-state index contributed by atoms with van der Waals surface area (Å²) in [5.74, 6) is -2.02. The van der Waals surface area contributed by atoms with Crippen LogP contribution in [-0.4, -0.2) is 23.0 Å². The van der Waals surface area contributed by atoms with Gasteiger partial charge in [0.2, 0.25) is 0 Å². The van der Waals surface area contributed by atoms with E-state index in [1.165, 1.54) is 19.1 Å². The molecule has 0 saturated carbocycles. The van der Waals surface area contributed by atoms with E-state index in [0.29, 0.717) is 15.0 Å². The first-order chi connectivity index (χ1) is 8.49. The maximum Gasteiger partial charge on any atom is 0.325 e. The first-order valence-corrected chi connectivity index (χ1v) is 6.02. The largest absolute Gasteiger partial charge is 0.480 e. The zero-order valence-electron chi connectivity index (χ0n) is 9.44. The minimum atomic E-state index is -1.12. The average molecular weight is 267 g/mol. The Labute approximate surface area is 106 Å². The molecule has 0 saturated heterocycles. The normalized spacial score (nSPS) is 12.3. The minimum absolute atomic E-state index is 0.295. The molecule has 18 heavy (non-hydrogen) atoms. The van der Waals surface area contributed by atoms with E-state index in [9.17, 15) is 14.0 Å². The molecule has 2 aromatic rings. The molecule has 2 N–H and O–H groups in total. The van der Waals surface area contributed by atoms with Gasteiger partial charge in [-0.2, -0.15) is 0 Å². The number of fused-ring (bicyclic) bond motifs is 1. The second-order valence-electron chi connectivity index (χ2n) is 3.80. The van der Waals surface area contributed by atoms with E-state index in [0.717, 1.165) is 11.3 Å². The van der Waals surface area contributed by atoms with E-state index in [1.807, 2.05) is 0 Å². The highest BCUT2D eigenvalue weighted by Gasteiger charge is 2.17. The Kier molecular flexibility index (Phi) is 3.29. The lowest BCUT2D eigenvalue weighted by Crippen LogP contribution is -2.37. The van der Waals surface area contributed by atoms with Crippen molar-refractivity contribution in [3.63, 3.8) is 0 Å². The fraction of sp³-hybridized carbons (Fsp3) is 0.167. The van der Waals surface area contributed by atoms with Crippen molar-refractivity contribution in [2.45, 2.75) is 13.0 Å². The van der Waals surface area contributed by atoms with Gasteiger partial charge in [0.15, 0.2) is 0 Å². The molecule has 4 nitrogen and oxygen atoms in total. The van der Waals surface area contributed by atoms with Crippen molar-refractivity contribution >= 4 is 33.3 Å². The number of hydrogen-bond acceptors (Lipinski definition) is 3. The molecule has 0 bridgehead atoms. The van der Waals surface area contributed by atoms with Crippen LogP contribution >= 0.6 is 11.3 Å². The minimum Gasteiger partial charge on any atom is -0.480 e. The molecule has 1 aromatic carbocycles. The Hall–Kier alpha value is -1.95. The van der Waals surface area contributed by atoms with Crippen molar-refractivity contribution < 1.29 is 19.1 Å². The van der Waals surface area contributed by atoms with E-state index in [1.54, 1.807) is 12.1 Å². The van der Waals surface area contributed by atoms with Crippen LogP contribution in [-0.2, 0) is 4.79 Å². The molecule has 0 aliphatic rings. The number of nitrogens with one attached hydrogen (secondary N) is 1. The van der Waals surface area contributed by atoms with Crippen LogP contribution in [0, 0.1) is 5.82 Å². The highest BCUT2D eigenvalue weighted by Crippen LogP contribution is 2.27. The lowest BCUT2D eigenvalue weighted by atomic mass is 10.2. The van der Waals surface area contributed by atoms with Crippen LogP contribution < -0.4 is 5.32 Å². The van der Waals surface area contributed by atoms with Crippen LogP contribution in [0.3, 0.4) is 0 Å². The molecular weight excluding hydrogens is 257 g/mol. The quantitative estimate of drug-likeness (QED) is 0.896. The number of amides is 1. The molecule has 6 heteroatoms. The van der Waals surface area contributed by atoms with Gasteiger partial charge in [-0.15, -0.1) is 11.3 Å². The van der Waals surface area contributed by atoms with E-state index in [4.69, 9.17) is 5.11 Å². The summed E-state index contributed by atoms with van der Waals surface area (Å²) < 4.78 is 14.1. The van der Waals surface area contributed by atoms with Gasteiger partial charge in [-0.1, -0.05) is 6.07 Å². The highest BCUT2D eigenvalue weighted by atomic mass is 32.1.